The average Bonchev–Trinajstić information content (AvgIpc) is 2.72. The molecular formula is C24H32F3N3O. The smallest absolute Gasteiger partial charge is 0.326 e. The lowest BCUT2D eigenvalue weighted by atomic mass is 10.0. The zero-order chi connectivity index (χ0) is 23.2. The molecule has 0 bridgehead atoms. The molecule has 1 aromatic rings. The van der Waals surface area contributed by atoms with Gasteiger partial charge >= 0.3 is 6.18 Å². The molecule has 1 amide bonds. The Labute approximate surface area is 183 Å². The van der Waals surface area contributed by atoms with Crippen LogP contribution in [0.4, 0.5) is 13.2 Å². The highest BCUT2D eigenvalue weighted by molar-refractivity contribution is 5.95. The van der Waals surface area contributed by atoms with Crippen LogP contribution in [-0.4, -0.2) is 61.2 Å². The third-order valence-corrected chi connectivity index (χ3v) is 5.64. The molecule has 0 aromatic heterocycles. The van der Waals surface area contributed by atoms with Crippen LogP contribution in [0.5, 0.6) is 0 Å². The standard InChI is InChI=1S/C24H32F3N3O/c1-6-20(16-30-12-10-29(7-2)11-13-30)22(24(25,26)27)15-19(5)28-23(31)21-9-8-17(3)18(4)14-21/h6,8-9,14-15H,1,7,10-13,16H2,2-5H3,(H,28,31)/b19-15+,22-20-. The van der Waals surface area contributed by atoms with Gasteiger partial charge in [-0.2, -0.15) is 13.2 Å². The lowest BCUT2D eigenvalue weighted by molar-refractivity contribution is -0.0891. The number of aryl methyl sites for hydroxylation is 2. The number of rotatable bonds is 7. The van der Waals surface area contributed by atoms with Gasteiger partial charge in [-0.1, -0.05) is 25.6 Å². The number of halogens is 3. The van der Waals surface area contributed by atoms with Crippen molar-refractivity contribution in [1.82, 2.24) is 15.1 Å². The van der Waals surface area contributed by atoms with Crippen molar-refractivity contribution in [3.8, 4) is 0 Å². The molecule has 0 unspecified atom stereocenters. The Morgan fingerprint density at radius 2 is 1.74 bits per heavy atom. The Kier molecular flexibility index (Phi) is 8.65. The first-order valence-electron chi connectivity index (χ1n) is 10.5. The summed E-state index contributed by atoms with van der Waals surface area (Å²) in [4.78, 5) is 16.8. The minimum Gasteiger partial charge on any atom is -0.326 e. The summed E-state index contributed by atoms with van der Waals surface area (Å²) < 4.78 is 41.6. The van der Waals surface area contributed by atoms with Crippen LogP contribution < -0.4 is 5.32 Å². The summed E-state index contributed by atoms with van der Waals surface area (Å²) in [6.45, 7) is 15.2. The van der Waals surface area contributed by atoms with Gasteiger partial charge in [-0.25, -0.2) is 0 Å². The molecule has 0 spiro atoms. The van der Waals surface area contributed by atoms with Gasteiger partial charge in [0.2, 0.25) is 0 Å². The van der Waals surface area contributed by atoms with Crippen molar-refractivity contribution in [2.45, 2.75) is 33.9 Å². The second-order valence-electron chi connectivity index (χ2n) is 7.93. The van der Waals surface area contributed by atoms with Gasteiger partial charge in [0.1, 0.15) is 0 Å². The van der Waals surface area contributed by atoms with Gasteiger partial charge in [0.15, 0.2) is 0 Å². The maximum absolute atomic E-state index is 13.9. The normalized spacial score (nSPS) is 17.3. The zero-order valence-electron chi connectivity index (χ0n) is 18.8. The quantitative estimate of drug-likeness (QED) is 0.635. The van der Waals surface area contributed by atoms with Crippen molar-refractivity contribution >= 4 is 5.91 Å². The van der Waals surface area contributed by atoms with Crippen molar-refractivity contribution in [2.75, 3.05) is 39.3 Å². The Balaban J connectivity index is 2.22. The fourth-order valence-corrected chi connectivity index (χ4v) is 3.51. The number of carbonyl (C=O) groups excluding carboxylic acids is 1. The van der Waals surface area contributed by atoms with Crippen LogP contribution in [0.15, 0.2) is 53.8 Å². The molecule has 0 saturated carbocycles. The number of carbonyl (C=O) groups is 1. The van der Waals surface area contributed by atoms with E-state index in [0.717, 1.165) is 36.8 Å². The average molecular weight is 436 g/mol. The van der Waals surface area contributed by atoms with Gasteiger partial charge in [-0.15, -0.1) is 0 Å². The molecule has 1 N–H and O–H groups in total. The molecule has 0 radical (unpaired) electrons. The third-order valence-electron chi connectivity index (χ3n) is 5.64. The molecule has 1 aliphatic rings. The second kappa shape index (κ2) is 10.8. The van der Waals surface area contributed by atoms with Crippen molar-refractivity contribution in [3.63, 3.8) is 0 Å². The summed E-state index contributed by atoms with van der Waals surface area (Å²) >= 11 is 0. The van der Waals surface area contributed by atoms with Crippen LogP contribution in [-0.2, 0) is 0 Å². The largest absolute Gasteiger partial charge is 0.416 e. The molecule has 1 aromatic carbocycles. The molecule has 0 aliphatic carbocycles. The minimum absolute atomic E-state index is 0.109. The number of hydrogen-bond donors (Lipinski definition) is 1. The molecule has 1 saturated heterocycles. The van der Waals surface area contributed by atoms with Gasteiger partial charge in [0.05, 0.1) is 5.57 Å². The van der Waals surface area contributed by atoms with E-state index >= 15 is 0 Å². The predicted molar refractivity (Wildman–Crippen MR) is 119 cm³/mol. The summed E-state index contributed by atoms with van der Waals surface area (Å²) in [5, 5.41) is 2.57. The Bertz CT molecular complexity index is 863. The lowest BCUT2D eigenvalue weighted by Crippen LogP contribution is -2.46. The van der Waals surface area contributed by atoms with E-state index < -0.39 is 17.7 Å². The number of benzene rings is 1. The van der Waals surface area contributed by atoms with E-state index in [9.17, 15) is 18.0 Å². The van der Waals surface area contributed by atoms with E-state index in [4.69, 9.17) is 0 Å². The Morgan fingerprint density at radius 3 is 2.26 bits per heavy atom. The molecule has 0 atom stereocenters. The van der Waals surface area contributed by atoms with E-state index in [-0.39, 0.29) is 17.8 Å². The molecule has 1 heterocycles. The number of nitrogens with one attached hydrogen (secondary N) is 1. The number of hydrogen-bond acceptors (Lipinski definition) is 3. The van der Waals surface area contributed by atoms with E-state index in [1.165, 1.54) is 13.0 Å². The summed E-state index contributed by atoms with van der Waals surface area (Å²) in [6.07, 6.45) is -2.29. The van der Waals surface area contributed by atoms with E-state index in [1.54, 1.807) is 12.1 Å². The lowest BCUT2D eigenvalue weighted by Gasteiger charge is -2.34. The van der Waals surface area contributed by atoms with Crippen LogP contribution in [0.3, 0.4) is 0 Å². The van der Waals surface area contributed by atoms with Crippen LogP contribution in [0.25, 0.3) is 0 Å². The van der Waals surface area contributed by atoms with Gasteiger partial charge in [0, 0.05) is 44.0 Å². The van der Waals surface area contributed by atoms with Crippen LogP contribution >= 0.6 is 0 Å². The SMILES string of the molecule is C=C/C(CN1CCN(CC)CC1)=C(\C=C(/C)NC(=O)c1ccc(C)c(C)c1)C(F)(F)F. The maximum atomic E-state index is 13.9. The van der Waals surface area contributed by atoms with E-state index in [2.05, 4.69) is 23.7 Å². The van der Waals surface area contributed by atoms with Crippen LogP contribution in [0.2, 0.25) is 0 Å². The van der Waals surface area contributed by atoms with Crippen molar-refractivity contribution in [2.24, 2.45) is 0 Å². The topological polar surface area (TPSA) is 35.6 Å². The van der Waals surface area contributed by atoms with Crippen molar-refractivity contribution in [1.29, 1.82) is 0 Å². The number of nitrogens with zero attached hydrogens (tertiary/aromatic N) is 2. The van der Waals surface area contributed by atoms with Gasteiger partial charge in [-0.3, -0.25) is 9.69 Å². The highest BCUT2D eigenvalue weighted by Crippen LogP contribution is 2.31. The molecule has 31 heavy (non-hydrogen) atoms. The number of likely N-dealkylation sites (N-methyl/N-ethyl adjacent to an activating group) is 1. The molecule has 170 valence electrons. The first kappa shape index (κ1) is 24.9. The summed E-state index contributed by atoms with van der Waals surface area (Å²) in [6, 6.07) is 5.21. The summed E-state index contributed by atoms with van der Waals surface area (Å²) in [5.41, 5.74) is 1.86. The zero-order valence-corrected chi connectivity index (χ0v) is 18.8. The highest BCUT2D eigenvalue weighted by atomic mass is 19.4. The van der Waals surface area contributed by atoms with Crippen LogP contribution in [0.1, 0.15) is 35.3 Å². The number of allylic oxidation sites excluding steroid dienone is 3. The van der Waals surface area contributed by atoms with Gasteiger partial charge < -0.3 is 10.2 Å². The summed E-state index contributed by atoms with van der Waals surface area (Å²) in [5.74, 6) is -0.436. The van der Waals surface area contributed by atoms with E-state index in [0.29, 0.717) is 18.7 Å². The third kappa shape index (κ3) is 7.08. The molecule has 7 heteroatoms. The maximum Gasteiger partial charge on any atom is 0.416 e. The fraction of sp³-hybridized carbons (Fsp3) is 0.458. The monoisotopic (exact) mass is 435 g/mol. The van der Waals surface area contributed by atoms with E-state index in [1.807, 2.05) is 24.8 Å². The predicted octanol–water partition coefficient (Wildman–Crippen LogP) is 4.62. The Hall–Kier alpha value is -2.38. The van der Waals surface area contributed by atoms with Gasteiger partial charge in [-0.05, 0) is 62.2 Å². The highest BCUT2D eigenvalue weighted by Gasteiger charge is 2.35. The van der Waals surface area contributed by atoms with Crippen LogP contribution in [0, 0.1) is 13.8 Å². The molecule has 2 rings (SSSR count). The number of amides is 1. The first-order chi connectivity index (χ1) is 14.5. The van der Waals surface area contributed by atoms with Crippen molar-refractivity contribution in [3.05, 3.63) is 70.5 Å². The second-order valence-corrected chi connectivity index (χ2v) is 7.93. The Morgan fingerprint density at radius 1 is 1.13 bits per heavy atom. The first-order valence-corrected chi connectivity index (χ1v) is 10.5. The molecule has 1 fully saturated rings. The van der Waals surface area contributed by atoms with Crippen molar-refractivity contribution < 1.29 is 18.0 Å². The number of piperazine rings is 1. The fourth-order valence-electron chi connectivity index (χ4n) is 3.51. The molecule has 4 nitrogen and oxygen atoms in total. The molecule has 1 aliphatic heterocycles. The van der Waals surface area contributed by atoms with Gasteiger partial charge in [0.25, 0.3) is 5.91 Å². The summed E-state index contributed by atoms with van der Waals surface area (Å²) in [7, 11) is 0. The molecular weight excluding hydrogens is 403 g/mol. The number of alkyl halides is 3. The minimum atomic E-state index is -4.55.